The molecule has 1 aliphatic heterocycles. The molecule has 0 spiro atoms. The number of nitrogens with zero attached hydrogens (tertiary/aromatic N) is 5. The number of nitrogens with two attached hydrogens (primary N) is 1. The molecule has 0 saturated carbocycles. The zero-order chi connectivity index (χ0) is 22.9. The first kappa shape index (κ1) is 21.9. The molecule has 4 rings (SSSR count). The summed E-state index contributed by atoms with van der Waals surface area (Å²) in [5.41, 5.74) is 6.00. The highest BCUT2D eigenvalue weighted by atomic mass is 19.4. The van der Waals surface area contributed by atoms with Crippen molar-refractivity contribution in [2.75, 3.05) is 61.2 Å². The zero-order valence-corrected chi connectivity index (χ0v) is 17.8. The molecule has 0 atom stereocenters. The van der Waals surface area contributed by atoms with Gasteiger partial charge in [0.05, 0.1) is 30.5 Å². The fourth-order valence-corrected chi connectivity index (χ4v) is 3.48. The minimum absolute atomic E-state index is 0.0527. The van der Waals surface area contributed by atoms with Gasteiger partial charge in [0, 0.05) is 44.8 Å². The molecular weight excluding hydrogens is 423 g/mol. The van der Waals surface area contributed by atoms with Crippen molar-refractivity contribution in [3.8, 4) is 0 Å². The van der Waals surface area contributed by atoms with E-state index in [0.717, 1.165) is 36.4 Å². The van der Waals surface area contributed by atoms with E-state index in [0.29, 0.717) is 36.1 Å². The third-order valence-corrected chi connectivity index (χ3v) is 5.09. The Kier molecular flexibility index (Phi) is 5.92. The molecule has 0 bridgehead atoms. The van der Waals surface area contributed by atoms with Crippen LogP contribution in [0.4, 0.5) is 36.4 Å². The number of nitrogens with one attached hydrogen (secondary N) is 1. The minimum Gasteiger partial charge on any atom is -0.399 e. The summed E-state index contributed by atoms with van der Waals surface area (Å²) in [6, 6.07) is 5.41. The Labute approximate surface area is 183 Å². The fraction of sp³-hybridized carbons (Fsp3) is 0.381. The average molecular weight is 447 g/mol. The molecule has 1 saturated heterocycles. The van der Waals surface area contributed by atoms with Crippen molar-refractivity contribution in [3.05, 3.63) is 41.6 Å². The van der Waals surface area contributed by atoms with Gasteiger partial charge in [0.1, 0.15) is 11.6 Å². The predicted molar refractivity (Wildman–Crippen MR) is 118 cm³/mol. The number of hydrogen-bond donors (Lipinski definition) is 2. The Hall–Kier alpha value is -3.34. The van der Waals surface area contributed by atoms with E-state index in [9.17, 15) is 13.2 Å². The van der Waals surface area contributed by atoms with E-state index >= 15 is 0 Å². The van der Waals surface area contributed by atoms with E-state index in [1.54, 1.807) is 11.1 Å². The van der Waals surface area contributed by atoms with Gasteiger partial charge in [0.2, 0.25) is 5.95 Å². The molecule has 1 aliphatic rings. The van der Waals surface area contributed by atoms with Crippen molar-refractivity contribution in [3.63, 3.8) is 0 Å². The Morgan fingerprint density at radius 1 is 1.12 bits per heavy atom. The van der Waals surface area contributed by atoms with Crippen LogP contribution < -0.4 is 20.9 Å². The third kappa shape index (κ3) is 4.77. The van der Waals surface area contributed by atoms with Gasteiger partial charge < -0.3 is 25.6 Å². The number of aromatic nitrogens is 3. The number of alkyl halides is 3. The van der Waals surface area contributed by atoms with Crippen LogP contribution >= 0.6 is 0 Å². The SMILES string of the molecule is CN(C)c1nc(NCc2cc(N)cc(C(F)(F)F)c2)c2cc(N3CCOCC3)ncc2n1. The Balaban J connectivity index is 1.69. The van der Waals surface area contributed by atoms with Crippen molar-refractivity contribution in [2.24, 2.45) is 0 Å². The Morgan fingerprint density at radius 2 is 1.88 bits per heavy atom. The highest BCUT2D eigenvalue weighted by molar-refractivity contribution is 5.91. The van der Waals surface area contributed by atoms with E-state index in [1.807, 2.05) is 20.2 Å². The average Bonchev–Trinajstić information content (AvgIpc) is 2.76. The van der Waals surface area contributed by atoms with Crippen molar-refractivity contribution >= 4 is 34.2 Å². The molecule has 3 heterocycles. The van der Waals surface area contributed by atoms with Crippen LogP contribution in [0.5, 0.6) is 0 Å². The second-order valence-electron chi connectivity index (χ2n) is 7.74. The number of anilines is 4. The summed E-state index contributed by atoms with van der Waals surface area (Å²) in [5.74, 6) is 1.74. The number of benzene rings is 1. The van der Waals surface area contributed by atoms with E-state index in [1.165, 1.54) is 6.07 Å². The van der Waals surface area contributed by atoms with Gasteiger partial charge in [-0.2, -0.15) is 18.2 Å². The Morgan fingerprint density at radius 3 is 2.56 bits per heavy atom. The quantitative estimate of drug-likeness (QED) is 0.577. The van der Waals surface area contributed by atoms with Crippen LogP contribution in [0.15, 0.2) is 30.5 Å². The summed E-state index contributed by atoms with van der Waals surface area (Å²) < 4.78 is 44.9. The van der Waals surface area contributed by atoms with Gasteiger partial charge in [-0.1, -0.05) is 0 Å². The number of morpholine rings is 1. The highest BCUT2D eigenvalue weighted by Crippen LogP contribution is 2.32. The summed E-state index contributed by atoms with van der Waals surface area (Å²) in [5, 5.41) is 3.89. The van der Waals surface area contributed by atoms with Crippen LogP contribution in [0.1, 0.15) is 11.1 Å². The molecule has 3 N–H and O–H groups in total. The summed E-state index contributed by atoms with van der Waals surface area (Å²) in [7, 11) is 3.63. The lowest BCUT2D eigenvalue weighted by Gasteiger charge is -2.28. The second kappa shape index (κ2) is 8.65. The number of fused-ring (bicyclic) bond motifs is 1. The van der Waals surface area contributed by atoms with Crippen LogP contribution in [0.25, 0.3) is 10.9 Å². The van der Waals surface area contributed by atoms with Gasteiger partial charge >= 0.3 is 6.18 Å². The fourth-order valence-electron chi connectivity index (χ4n) is 3.48. The summed E-state index contributed by atoms with van der Waals surface area (Å²) in [4.78, 5) is 17.5. The monoisotopic (exact) mass is 447 g/mol. The van der Waals surface area contributed by atoms with E-state index < -0.39 is 11.7 Å². The molecule has 32 heavy (non-hydrogen) atoms. The second-order valence-corrected chi connectivity index (χ2v) is 7.74. The molecule has 8 nitrogen and oxygen atoms in total. The number of nitrogen functional groups attached to an aromatic ring is 1. The van der Waals surface area contributed by atoms with E-state index in [-0.39, 0.29) is 12.2 Å². The molecule has 0 unspecified atom stereocenters. The normalized spacial score (nSPS) is 14.6. The molecule has 1 fully saturated rings. The molecule has 2 aromatic heterocycles. The van der Waals surface area contributed by atoms with Crippen LogP contribution in [-0.4, -0.2) is 55.4 Å². The lowest BCUT2D eigenvalue weighted by Crippen LogP contribution is -2.36. The summed E-state index contributed by atoms with van der Waals surface area (Å²) >= 11 is 0. The van der Waals surface area contributed by atoms with Gasteiger partial charge in [0.25, 0.3) is 0 Å². The van der Waals surface area contributed by atoms with Gasteiger partial charge in [-0.25, -0.2) is 9.97 Å². The topological polar surface area (TPSA) is 92.4 Å². The van der Waals surface area contributed by atoms with Crippen molar-refractivity contribution in [1.82, 2.24) is 15.0 Å². The largest absolute Gasteiger partial charge is 0.416 e. The number of ether oxygens (including phenoxy) is 1. The smallest absolute Gasteiger partial charge is 0.399 e. The van der Waals surface area contributed by atoms with Crippen LogP contribution in [0.2, 0.25) is 0 Å². The molecule has 0 radical (unpaired) electrons. The maximum absolute atomic E-state index is 13.2. The van der Waals surface area contributed by atoms with E-state index in [4.69, 9.17) is 10.5 Å². The number of hydrogen-bond acceptors (Lipinski definition) is 8. The van der Waals surface area contributed by atoms with Crippen LogP contribution in [0.3, 0.4) is 0 Å². The maximum atomic E-state index is 13.2. The van der Waals surface area contributed by atoms with Crippen LogP contribution in [0, 0.1) is 0 Å². The first-order valence-corrected chi connectivity index (χ1v) is 10.1. The molecule has 11 heteroatoms. The first-order chi connectivity index (χ1) is 15.2. The van der Waals surface area contributed by atoms with Crippen molar-refractivity contribution < 1.29 is 17.9 Å². The molecule has 170 valence electrons. The lowest BCUT2D eigenvalue weighted by molar-refractivity contribution is -0.137. The number of halogens is 3. The maximum Gasteiger partial charge on any atom is 0.416 e. The molecule has 0 aliphatic carbocycles. The summed E-state index contributed by atoms with van der Waals surface area (Å²) in [6.07, 6.45) is -2.79. The molecule has 3 aromatic rings. The van der Waals surface area contributed by atoms with Crippen molar-refractivity contribution in [2.45, 2.75) is 12.7 Å². The Bertz CT molecular complexity index is 1110. The predicted octanol–water partition coefficient (Wildman–Crippen LogP) is 3.14. The van der Waals surface area contributed by atoms with E-state index in [2.05, 4.69) is 25.2 Å². The first-order valence-electron chi connectivity index (χ1n) is 10.1. The minimum atomic E-state index is -4.47. The van der Waals surface area contributed by atoms with Gasteiger partial charge in [0.15, 0.2) is 0 Å². The standard InChI is InChI=1S/C21H24F3N7O/c1-30(2)20-28-17-12-26-18(31-3-5-32-6-4-31)10-16(17)19(29-20)27-11-13-7-14(21(22,23)24)9-15(25)8-13/h7-10,12H,3-6,11,25H2,1-2H3,(H,27,28,29). The highest BCUT2D eigenvalue weighted by Gasteiger charge is 2.31. The zero-order valence-electron chi connectivity index (χ0n) is 17.8. The summed E-state index contributed by atoms with van der Waals surface area (Å²) in [6.45, 7) is 2.81. The number of pyridine rings is 1. The van der Waals surface area contributed by atoms with Gasteiger partial charge in [-0.3, -0.25) is 0 Å². The number of rotatable bonds is 5. The lowest BCUT2D eigenvalue weighted by atomic mass is 10.1. The van der Waals surface area contributed by atoms with Gasteiger partial charge in [-0.05, 0) is 29.8 Å². The van der Waals surface area contributed by atoms with Gasteiger partial charge in [-0.15, -0.1) is 0 Å². The molecule has 0 amide bonds. The molecule has 1 aromatic carbocycles. The van der Waals surface area contributed by atoms with Crippen LogP contribution in [-0.2, 0) is 17.5 Å². The third-order valence-electron chi connectivity index (χ3n) is 5.09. The van der Waals surface area contributed by atoms with Crippen molar-refractivity contribution in [1.29, 1.82) is 0 Å². The molecular formula is C21H24F3N7O.